The lowest BCUT2D eigenvalue weighted by molar-refractivity contribution is -0.308. The lowest BCUT2D eigenvalue weighted by Gasteiger charge is -2.44. The second-order valence-corrected chi connectivity index (χ2v) is 10.7. The van der Waals surface area contributed by atoms with Crippen LogP contribution in [0.4, 0.5) is 0 Å². The number of esters is 4. The molecule has 5 atom stereocenters. The van der Waals surface area contributed by atoms with E-state index in [1.54, 1.807) is 0 Å². The summed E-state index contributed by atoms with van der Waals surface area (Å²) >= 11 is 0. The lowest BCUT2D eigenvalue weighted by Crippen LogP contribution is -2.63. The highest BCUT2D eigenvalue weighted by Crippen LogP contribution is 2.39. The molecule has 0 aliphatic carbocycles. The highest BCUT2D eigenvalue weighted by Gasteiger charge is 2.52. The molecule has 0 bridgehead atoms. The summed E-state index contributed by atoms with van der Waals surface area (Å²) in [5, 5.41) is 0. The van der Waals surface area contributed by atoms with Crippen molar-refractivity contribution in [2.24, 2.45) is 0 Å². The molecule has 1 aromatic rings. The predicted octanol–water partition coefficient (Wildman–Crippen LogP) is 3.17. The Balaban J connectivity index is 1.68. The number of rotatable bonds is 11. The summed E-state index contributed by atoms with van der Waals surface area (Å²) in [6, 6.07) is 6.30. The van der Waals surface area contributed by atoms with Crippen LogP contribution in [0.5, 0.6) is 5.75 Å². The number of unbranched alkanes of at least 4 members (excludes halogenated alkanes) is 1. The first kappa shape index (κ1) is 31.3. The van der Waals surface area contributed by atoms with Gasteiger partial charge in [-0.1, -0.05) is 26.0 Å². The van der Waals surface area contributed by atoms with Gasteiger partial charge < -0.3 is 33.2 Å². The van der Waals surface area contributed by atoms with Gasteiger partial charge in [-0.15, -0.1) is 0 Å². The van der Waals surface area contributed by atoms with Crippen molar-refractivity contribution in [3.8, 4) is 5.75 Å². The van der Waals surface area contributed by atoms with Crippen LogP contribution in [0.25, 0.3) is 0 Å². The largest absolute Gasteiger partial charge is 0.493 e. The quantitative estimate of drug-likeness (QED) is 0.223. The summed E-state index contributed by atoms with van der Waals surface area (Å²) in [7, 11) is 0. The van der Waals surface area contributed by atoms with E-state index < -0.39 is 54.6 Å². The third-order valence-electron chi connectivity index (χ3n) is 6.85. The maximum atomic E-state index is 11.9. The maximum Gasteiger partial charge on any atom is 0.303 e. The van der Waals surface area contributed by atoms with E-state index in [0.29, 0.717) is 6.42 Å². The summed E-state index contributed by atoms with van der Waals surface area (Å²) in [4.78, 5) is 47.2. The van der Waals surface area contributed by atoms with Gasteiger partial charge in [0.1, 0.15) is 18.5 Å². The van der Waals surface area contributed by atoms with Crippen molar-refractivity contribution in [3.63, 3.8) is 0 Å². The third-order valence-corrected chi connectivity index (χ3v) is 6.85. The highest BCUT2D eigenvalue weighted by atomic mass is 16.7. The number of aryl methyl sites for hydroxylation is 1. The molecule has 11 heteroatoms. The molecule has 0 radical (unpaired) electrons. The van der Waals surface area contributed by atoms with E-state index in [-0.39, 0.29) is 18.6 Å². The van der Waals surface area contributed by atoms with Gasteiger partial charge in [-0.3, -0.25) is 19.2 Å². The van der Waals surface area contributed by atoms with Gasteiger partial charge in [0.15, 0.2) is 24.6 Å². The molecular weight excluding hydrogens is 524 g/mol. The van der Waals surface area contributed by atoms with E-state index in [9.17, 15) is 19.2 Å². The van der Waals surface area contributed by atoms with Gasteiger partial charge in [0, 0.05) is 39.9 Å². The molecule has 0 spiro atoms. The molecule has 1 saturated heterocycles. The van der Waals surface area contributed by atoms with E-state index in [2.05, 4.69) is 26.0 Å². The van der Waals surface area contributed by atoms with Crippen molar-refractivity contribution in [2.75, 3.05) is 19.8 Å². The minimum atomic E-state index is -1.24. The zero-order valence-electron chi connectivity index (χ0n) is 24.1. The van der Waals surface area contributed by atoms with Gasteiger partial charge in [0.25, 0.3) is 0 Å². The van der Waals surface area contributed by atoms with Crippen molar-refractivity contribution in [2.45, 2.75) is 103 Å². The van der Waals surface area contributed by atoms with Crippen LogP contribution < -0.4 is 4.74 Å². The summed E-state index contributed by atoms with van der Waals surface area (Å²) < 4.78 is 39.1. The second-order valence-electron chi connectivity index (χ2n) is 10.7. The van der Waals surface area contributed by atoms with E-state index in [4.69, 9.17) is 33.2 Å². The minimum Gasteiger partial charge on any atom is -0.493 e. The Labute approximate surface area is 234 Å². The highest BCUT2D eigenvalue weighted by molar-refractivity contribution is 5.68. The average molecular weight is 565 g/mol. The van der Waals surface area contributed by atoms with Gasteiger partial charge >= 0.3 is 23.9 Å². The average Bonchev–Trinajstić information content (AvgIpc) is 2.85. The van der Waals surface area contributed by atoms with Crippen molar-refractivity contribution in [1.82, 2.24) is 0 Å². The summed E-state index contributed by atoms with van der Waals surface area (Å²) in [5.74, 6) is -1.68. The van der Waals surface area contributed by atoms with Gasteiger partial charge in [-0.2, -0.15) is 0 Å². The molecule has 11 nitrogen and oxygen atoms in total. The van der Waals surface area contributed by atoms with Crippen LogP contribution in [-0.4, -0.2) is 74.4 Å². The fourth-order valence-electron chi connectivity index (χ4n) is 4.89. The fourth-order valence-corrected chi connectivity index (χ4v) is 4.89. The van der Waals surface area contributed by atoms with Crippen LogP contribution >= 0.6 is 0 Å². The third kappa shape index (κ3) is 8.66. The number of hydrogen-bond donors (Lipinski definition) is 0. The topological polar surface area (TPSA) is 133 Å². The van der Waals surface area contributed by atoms with Crippen LogP contribution in [0.15, 0.2) is 18.2 Å². The Morgan fingerprint density at radius 2 is 1.52 bits per heavy atom. The molecule has 222 valence electrons. The smallest absolute Gasteiger partial charge is 0.303 e. The van der Waals surface area contributed by atoms with Gasteiger partial charge in [0.05, 0.1) is 6.61 Å². The van der Waals surface area contributed by atoms with Crippen LogP contribution in [0.2, 0.25) is 0 Å². The maximum absolute atomic E-state index is 11.9. The van der Waals surface area contributed by atoms with E-state index >= 15 is 0 Å². The molecule has 0 amide bonds. The summed E-state index contributed by atoms with van der Waals surface area (Å²) in [6.45, 7) is 9.88. The SMILES string of the molecule is CC(=O)OC[C@H]1O[C@@H](OCCCCc2ccc3c(c2)C(C)(C)CCO3)[C@H](OC(C)=O)[C@@H](OC(C)=O)[C@@H]1OC(C)=O. The summed E-state index contributed by atoms with van der Waals surface area (Å²) in [6.07, 6.45) is -2.61. The molecular formula is C29H40O11. The number of carbonyl (C=O) groups is 4. The molecule has 1 aromatic carbocycles. The van der Waals surface area contributed by atoms with Crippen LogP contribution in [0.1, 0.15) is 71.9 Å². The Bertz CT molecular complexity index is 1070. The molecule has 40 heavy (non-hydrogen) atoms. The number of ether oxygens (including phenoxy) is 7. The molecule has 0 N–H and O–H groups in total. The van der Waals surface area contributed by atoms with E-state index in [1.165, 1.54) is 38.8 Å². The summed E-state index contributed by atoms with van der Waals surface area (Å²) in [5.41, 5.74) is 2.47. The minimum absolute atomic E-state index is 0.0574. The van der Waals surface area contributed by atoms with E-state index in [1.807, 2.05) is 6.07 Å². The predicted molar refractivity (Wildman–Crippen MR) is 140 cm³/mol. The normalized spacial score (nSPS) is 25.1. The Kier molecular flexibility index (Phi) is 10.9. The standard InChI is InChI=1S/C29H40O11/c1-17(30)36-16-24-25(37-18(2)31)26(38-19(3)32)27(39-20(4)33)28(40-24)35-13-8-7-9-21-10-11-23-22(15-21)29(5,6)12-14-34-23/h10-11,15,24-28H,7-9,12-14,16H2,1-6H3/t24-,25-,26+,27-,28-/m1/s1. The first-order valence-electron chi connectivity index (χ1n) is 13.6. The zero-order valence-corrected chi connectivity index (χ0v) is 24.1. The first-order chi connectivity index (χ1) is 18.9. The van der Waals surface area contributed by atoms with Crippen LogP contribution in [0, 0.1) is 0 Å². The zero-order chi connectivity index (χ0) is 29.4. The molecule has 2 aliphatic heterocycles. The van der Waals surface area contributed by atoms with Crippen molar-refractivity contribution < 1.29 is 52.3 Å². The molecule has 1 fully saturated rings. The van der Waals surface area contributed by atoms with Crippen molar-refractivity contribution >= 4 is 23.9 Å². The number of carbonyl (C=O) groups excluding carboxylic acids is 4. The molecule has 0 unspecified atom stereocenters. The lowest BCUT2D eigenvalue weighted by atomic mass is 9.79. The molecule has 3 rings (SSSR count). The van der Waals surface area contributed by atoms with Gasteiger partial charge in [0.2, 0.25) is 0 Å². The Morgan fingerprint density at radius 1 is 0.875 bits per heavy atom. The second kappa shape index (κ2) is 13.9. The molecule has 0 aromatic heterocycles. The molecule has 2 aliphatic rings. The van der Waals surface area contributed by atoms with Gasteiger partial charge in [-0.05, 0) is 42.7 Å². The molecule has 2 heterocycles. The van der Waals surface area contributed by atoms with Gasteiger partial charge in [-0.25, -0.2) is 0 Å². The van der Waals surface area contributed by atoms with Crippen LogP contribution in [0.3, 0.4) is 0 Å². The van der Waals surface area contributed by atoms with Crippen molar-refractivity contribution in [3.05, 3.63) is 29.3 Å². The number of fused-ring (bicyclic) bond motifs is 1. The fraction of sp³-hybridized carbons (Fsp3) is 0.655. The van der Waals surface area contributed by atoms with Crippen LogP contribution in [-0.2, 0) is 59.4 Å². The Hall–Kier alpha value is -3.18. The van der Waals surface area contributed by atoms with E-state index in [0.717, 1.165) is 31.6 Å². The first-order valence-corrected chi connectivity index (χ1v) is 13.6. The monoisotopic (exact) mass is 564 g/mol. The number of hydrogen-bond acceptors (Lipinski definition) is 11. The number of benzene rings is 1. The Morgan fingerprint density at radius 3 is 2.17 bits per heavy atom. The molecule has 0 saturated carbocycles. The van der Waals surface area contributed by atoms with Crippen molar-refractivity contribution in [1.29, 1.82) is 0 Å².